The van der Waals surface area contributed by atoms with E-state index in [1.54, 1.807) is 12.1 Å². The summed E-state index contributed by atoms with van der Waals surface area (Å²) in [6.45, 7) is 5.52. The molecule has 2 heterocycles. The number of carbonyl (C=O) groups excluding carboxylic acids is 1. The zero-order valence-electron chi connectivity index (χ0n) is 14.6. The lowest BCUT2D eigenvalue weighted by Gasteiger charge is -2.35. The van der Waals surface area contributed by atoms with Crippen molar-refractivity contribution in [2.75, 3.05) is 18.4 Å². The van der Waals surface area contributed by atoms with Gasteiger partial charge in [0.25, 0.3) is 0 Å². The number of hydrogen-bond donors (Lipinski definition) is 1. The third kappa shape index (κ3) is 4.39. The van der Waals surface area contributed by atoms with Gasteiger partial charge in [0.15, 0.2) is 0 Å². The Bertz CT molecular complexity index is 726. The lowest BCUT2D eigenvalue weighted by atomic mass is 9.92. The van der Waals surface area contributed by atoms with Gasteiger partial charge in [-0.3, -0.25) is 9.69 Å². The highest BCUT2D eigenvalue weighted by Gasteiger charge is 2.27. The molecule has 132 valence electrons. The molecule has 1 saturated heterocycles. The fourth-order valence-electron chi connectivity index (χ4n) is 3.23. The summed E-state index contributed by atoms with van der Waals surface area (Å²) in [5, 5.41) is 2.85. The van der Waals surface area contributed by atoms with Crippen LogP contribution in [0.5, 0.6) is 0 Å². The summed E-state index contributed by atoms with van der Waals surface area (Å²) in [5.74, 6) is 0.841. The van der Waals surface area contributed by atoms with Gasteiger partial charge in [0, 0.05) is 23.5 Å². The lowest BCUT2D eigenvalue weighted by molar-refractivity contribution is -0.121. The quantitative estimate of drug-likeness (QED) is 0.927. The van der Waals surface area contributed by atoms with Gasteiger partial charge in [-0.2, -0.15) is 0 Å². The highest BCUT2D eigenvalue weighted by Crippen LogP contribution is 2.27. The van der Waals surface area contributed by atoms with E-state index in [4.69, 9.17) is 0 Å². The Morgan fingerprint density at radius 2 is 1.92 bits per heavy atom. The second-order valence-corrected chi connectivity index (χ2v) is 6.51. The van der Waals surface area contributed by atoms with Crippen LogP contribution in [-0.4, -0.2) is 39.9 Å². The van der Waals surface area contributed by atoms with Crippen molar-refractivity contribution < 1.29 is 9.18 Å². The first-order valence-electron chi connectivity index (χ1n) is 8.63. The lowest BCUT2D eigenvalue weighted by Crippen LogP contribution is -2.45. The van der Waals surface area contributed by atoms with Gasteiger partial charge >= 0.3 is 0 Å². The van der Waals surface area contributed by atoms with Crippen LogP contribution in [0.2, 0.25) is 0 Å². The normalized spacial score (nSPS) is 17.2. The van der Waals surface area contributed by atoms with Gasteiger partial charge in [-0.15, -0.1) is 0 Å². The van der Waals surface area contributed by atoms with Crippen LogP contribution >= 0.6 is 0 Å². The summed E-state index contributed by atoms with van der Waals surface area (Å²) in [6, 6.07) is 7.59. The van der Waals surface area contributed by atoms with Crippen LogP contribution in [0.1, 0.15) is 37.2 Å². The molecule has 1 aromatic heterocycles. The molecule has 0 bridgehead atoms. The number of piperidine rings is 1. The maximum absolute atomic E-state index is 12.9. The van der Waals surface area contributed by atoms with Crippen LogP contribution in [0.15, 0.2) is 36.5 Å². The first-order chi connectivity index (χ1) is 12.0. The number of aromatic nitrogens is 2. The topological polar surface area (TPSA) is 58.1 Å². The summed E-state index contributed by atoms with van der Waals surface area (Å²) < 4.78 is 12.9. The van der Waals surface area contributed by atoms with E-state index in [0.717, 1.165) is 37.4 Å². The zero-order chi connectivity index (χ0) is 17.8. The van der Waals surface area contributed by atoms with Crippen LogP contribution in [-0.2, 0) is 4.79 Å². The van der Waals surface area contributed by atoms with Crippen molar-refractivity contribution in [3.8, 4) is 0 Å². The number of likely N-dealkylation sites (tertiary alicyclic amines) is 1. The summed E-state index contributed by atoms with van der Waals surface area (Å²) in [6.07, 6.45) is 3.76. The predicted molar refractivity (Wildman–Crippen MR) is 94.8 cm³/mol. The van der Waals surface area contributed by atoms with Crippen molar-refractivity contribution in [1.82, 2.24) is 14.9 Å². The maximum atomic E-state index is 12.9. The molecule has 1 N–H and O–H groups in total. The molecular formula is C19H23FN4O. The molecule has 1 amide bonds. The standard InChI is InChI=1S/C19H23FN4O/c1-13(19(25)23-17-5-3-16(20)4-6-17)24-11-8-15(9-12-24)18-7-10-21-14(2)22-18/h3-7,10,13,15H,8-9,11-12H2,1-2H3,(H,23,25)/t13-/m0/s1. The van der Waals surface area contributed by atoms with Crippen molar-refractivity contribution in [3.05, 3.63) is 53.9 Å². The largest absolute Gasteiger partial charge is 0.325 e. The van der Waals surface area contributed by atoms with Gasteiger partial charge in [-0.25, -0.2) is 14.4 Å². The van der Waals surface area contributed by atoms with Gasteiger partial charge in [-0.05, 0) is 70.1 Å². The van der Waals surface area contributed by atoms with Gasteiger partial charge in [-0.1, -0.05) is 0 Å². The SMILES string of the molecule is Cc1nccc(C2CCN([C@@H](C)C(=O)Nc3ccc(F)cc3)CC2)n1. The highest BCUT2D eigenvalue weighted by atomic mass is 19.1. The number of carbonyl (C=O) groups is 1. The first-order valence-corrected chi connectivity index (χ1v) is 8.63. The molecule has 1 atom stereocenters. The van der Waals surface area contributed by atoms with Crippen LogP contribution < -0.4 is 5.32 Å². The van der Waals surface area contributed by atoms with Crippen molar-refractivity contribution in [1.29, 1.82) is 0 Å². The number of halogens is 1. The second kappa shape index (κ2) is 7.70. The number of amides is 1. The Morgan fingerprint density at radius 3 is 2.56 bits per heavy atom. The Hall–Kier alpha value is -2.34. The molecule has 6 heteroatoms. The fraction of sp³-hybridized carbons (Fsp3) is 0.421. The molecule has 1 aliphatic heterocycles. The summed E-state index contributed by atoms with van der Waals surface area (Å²) >= 11 is 0. The molecule has 1 fully saturated rings. The van der Waals surface area contributed by atoms with Gasteiger partial charge in [0.1, 0.15) is 11.6 Å². The monoisotopic (exact) mass is 342 g/mol. The number of nitrogens with zero attached hydrogens (tertiary/aromatic N) is 3. The average molecular weight is 342 g/mol. The number of anilines is 1. The summed E-state index contributed by atoms with van der Waals surface area (Å²) in [5.41, 5.74) is 1.71. The Balaban J connectivity index is 1.54. The number of rotatable bonds is 4. The van der Waals surface area contributed by atoms with E-state index >= 15 is 0 Å². The van der Waals surface area contributed by atoms with E-state index in [1.165, 1.54) is 12.1 Å². The molecule has 0 radical (unpaired) electrons. The smallest absolute Gasteiger partial charge is 0.241 e. The number of benzene rings is 1. The maximum Gasteiger partial charge on any atom is 0.241 e. The molecule has 1 aliphatic rings. The average Bonchev–Trinajstić information content (AvgIpc) is 2.63. The minimum absolute atomic E-state index is 0.0667. The third-order valence-corrected chi connectivity index (χ3v) is 4.78. The Morgan fingerprint density at radius 1 is 1.24 bits per heavy atom. The van der Waals surface area contributed by atoms with Crippen LogP contribution in [0.4, 0.5) is 10.1 Å². The van der Waals surface area contributed by atoms with E-state index in [-0.39, 0.29) is 17.8 Å². The molecule has 0 spiro atoms. The number of aryl methyl sites for hydroxylation is 1. The highest BCUT2D eigenvalue weighted by molar-refractivity contribution is 5.94. The van der Waals surface area contributed by atoms with Crippen molar-refractivity contribution in [3.63, 3.8) is 0 Å². The fourth-order valence-corrected chi connectivity index (χ4v) is 3.23. The first kappa shape index (κ1) is 17.5. The van der Waals surface area contributed by atoms with E-state index in [9.17, 15) is 9.18 Å². The van der Waals surface area contributed by atoms with Crippen molar-refractivity contribution in [2.24, 2.45) is 0 Å². The number of hydrogen-bond acceptors (Lipinski definition) is 4. The van der Waals surface area contributed by atoms with Crippen molar-refractivity contribution >= 4 is 11.6 Å². The molecule has 2 aromatic rings. The molecule has 1 aromatic carbocycles. The summed E-state index contributed by atoms with van der Waals surface area (Å²) in [4.78, 5) is 23.3. The third-order valence-electron chi connectivity index (χ3n) is 4.78. The Kier molecular flexibility index (Phi) is 5.38. The molecular weight excluding hydrogens is 319 g/mol. The minimum atomic E-state index is -0.312. The van der Waals surface area contributed by atoms with Gasteiger partial charge in [0.2, 0.25) is 5.91 Å². The molecule has 0 aliphatic carbocycles. The van der Waals surface area contributed by atoms with Gasteiger partial charge in [0.05, 0.1) is 6.04 Å². The zero-order valence-corrected chi connectivity index (χ0v) is 14.6. The molecule has 0 saturated carbocycles. The molecule has 0 unspecified atom stereocenters. The minimum Gasteiger partial charge on any atom is -0.325 e. The predicted octanol–water partition coefficient (Wildman–Crippen LogP) is 3.13. The van der Waals surface area contributed by atoms with E-state index < -0.39 is 0 Å². The molecule has 5 nitrogen and oxygen atoms in total. The number of nitrogens with one attached hydrogen (secondary N) is 1. The second-order valence-electron chi connectivity index (χ2n) is 6.51. The Labute approximate surface area is 147 Å². The van der Waals surface area contributed by atoms with E-state index in [2.05, 4.69) is 20.2 Å². The van der Waals surface area contributed by atoms with Crippen LogP contribution in [0.25, 0.3) is 0 Å². The molecule has 3 rings (SSSR count). The van der Waals surface area contributed by atoms with Crippen LogP contribution in [0.3, 0.4) is 0 Å². The van der Waals surface area contributed by atoms with Crippen LogP contribution in [0, 0.1) is 12.7 Å². The van der Waals surface area contributed by atoms with E-state index in [0.29, 0.717) is 11.6 Å². The summed E-state index contributed by atoms with van der Waals surface area (Å²) in [7, 11) is 0. The van der Waals surface area contributed by atoms with Gasteiger partial charge < -0.3 is 5.32 Å². The van der Waals surface area contributed by atoms with Crippen molar-refractivity contribution in [2.45, 2.75) is 38.6 Å². The van der Waals surface area contributed by atoms with E-state index in [1.807, 2.05) is 26.1 Å². The molecule has 25 heavy (non-hydrogen) atoms.